The number of esters is 2. The van der Waals surface area contributed by atoms with Crippen molar-refractivity contribution < 1.29 is 28.6 Å². The summed E-state index contributed by atoms with van der Waals surface area (Å²) < 4.78 is 14.7. The normalized spacial score (nSPS) is 11.6. The molecule has 1 atom stereocenters. The first kappa shape index (κ1) is 20.2. The van der Waals surface area contributed by atoms with Gasteiger partial charge in [0.2, 0.25) is 0 Å². The summed E-state index contributed by atoms with van der Waals surface area (Å²) in [5.74, 6) is -3.04. The van der Waals surface area contributed by atoms with E-state index in [4.69, 9.17) is 14.2 Å². The maximum atomic E-state index is 12.7. The third-order valence-electron chi connectivity index (χ3n) is 4.36. The Hall–Kier alpha value is -3.15. The average molecular weight is 370 g/mol. The van der Waals surface area contributed by atoms with Crippen molar-refractivity contribution in [3.8, 4) is 5.75 Å². The van der Waals surface area contributed by atoms with Gasteiger partial charge in [-0.05, 0) is 17.7 Å². The number of Topliss-reactive ketones (excluding diaryl/α,β-unsaturated/α-hetero) is 1. The molecule has 0 aliphatic rings. The molecule has 0 N–H and O–H groups in total. The Balaban J connectivity index is 2.43. The molecule has 0 aromatic heterocycles. The lowest BCUT2D eigenvalue weighted by molar-refractivity contribution is -0.159. The molecular formula is C21H22O6. The molecule has 0 saturated carbocycles. The summed E-state index contributed by atoms with van der Waals surface area (Å²) in [6.07, 6.45) is -0.0504. The van der Waals surface area contributed by atoms with Crippen LogP contribution in [0.15, 0.2) is 54.6 Å². The van der Waals surface area contributed by atoms with Gasteiger partial charge in [-0.3, -0.25) is 14.4 Å². The van der Waals surface area contributed by atoms with Crippen molar-refractivity contribution >= 4 is 17.7 Å². The van der Waals surface area contributed by atoms with Crippen molar-refractivity contribution in [3.63, 3.8) is 0 Å². The molecular weight excluding hydrogens is 348 g/mol. The zero-order valence-electron chi connectivity index (χ0n) is 15.5. The van der Waals surface area contributed by atoms with E-state index in [0.717, 1.165) is 0 Å². The molecule has 0 bridgehead atoms. The summed E-state index contributed by atoms with van der Waals surface area (Å²) >= 11 is 0. The molecule has 0 unspecified atom stereocenters. The molecule has 0 heterocycles. The minimum atomic E-state index is -1.25. The largest absolute Gasteiger partial charge is 0.497 e. The van der Waals surface area contributed by atoms with Gasteiger partial charge in [0.25, 0.3) is 0 Å². The third kappa shape index (κ3) is 4.94. The topological polar surface area (TPSA) is 78.9 Å². The number of methoxy groups -OCH3 is 3. The van der Waals surface area contributed by atoms with Crippen LogP contribution in [0.25, 0.3) is 0 Å². The highest BCUT2D eigenvalue weighted by Crippen LogP contribution is 2.32. The standard InChI is InChI=1S/C21H22O6/c1-25-16-11-9-14(10-12-16)17(19(20(23)26-2)21(24)27-3)13-18(22)15-7-5-4-6-8-15/h4-12,17,19H,13H2,1-3H3/t17-/m1/s1. The molecule has 27 heavy (non-hydrogen) atoms. The predicted octanol–water partition coefficient (Wildman–Crippen LogP) is 3.01. The third-order valence-corrected chi connectivity index (χ3v) is 4.36. The van der Waals surface area contributed by atoms with Crippen molar-refractivity contribution in [3.05, 3.63) is 65.7 Å². The van der Waals surface area contributed by atoms with Crippen LogP contribution in [-0.2, 0) is 19.1 Å². The Morgan fingerprint density at radius 1 is 0.815 bits per heavy atom. The smallest absolute Gasteiger partial charge is 0.320 e. The van der Waals surface area contributed by atoms with Crippen LogP contribution in [0, 0.1) is 5.92 Å². The van der Waals surface area contributed by atoms with Crippen molar-refractivity contribution in [1.82, 2.24) is 0 Å². The Morgan fingerprint density at radius 3 is 1.85 bits per heavy atom. The molecule has 0 spiro atoms. The number of carbonyl (C=O) groups is 3. The van der Waals surface area contributed by atoms with Crippen LogP contribution in [0.4, 0.5) is 0 Å². The Bertz CT molecular complexity index is 766. The summed E-state index contributed by atoms with van der Waals surface area (Å²) in [4.78, 5) is 37.4. The fraction of sp³-hybridized carbons (Fsp3) is 0.286. The highest BCUT2D eigenvalue weighted by atomic mass is 16.5. The summed E-state index contributed by atoms with van der Waals surface area (Å²) in [5.41, 5.74) is 1.14. The van der Waals surface area contributed by atoms with E-state index in [-0.39, 0.29) is 12.2 Å². The lowest BCUT2D eigenvalue weighted by Gasteiger charge is -2.23. The van der Waals surface area contributed by atoms with Crippen molar-refractivity contribution in [2.75, 3.05) is 21.3 Å². The molecule has 0 amide bonds. The van der Waals surface area contributed by atoms with E-state index in [2.05, 4.69) is 0 Å². The SMILES string of the molecule is COC(=O)C(C(=O)OC)[C@H](CC(=O)c1ccccc1)c1ccc(OC)cc1. The Kier molecular flexibility index (Phi) is 7.11. The van der Waals surface area contributed by atoms with E-state index in [1.807, 2.05) is 6.07 Å². The van der Waals surface area contributed by atoms with Crippen molar-refractivity contribution in [2.24, 2.45) is 5.92 Å². The minimum Gasteiger partial charge on any atom is -0.497 e. The van der Waals surface area contributed by atoms with Crippen LogP contribution in [-0.4, -0.2) is 39.1 Å². The van der Waals surface area contributed by atoms with Crippen LogP contribution in [0.2, 0.25) is 0 Å². The summed E-state index contributed by atoms with van der Waals surface area (Å²) in [7, 11) is 3.93. The zero-order chi connectivity index (χ0) is 19.8. The zero-order valence-corrected chi connectivity index (χ0v) is 15.5. The lowest BCUT2D eigenvalue weighted by Crippen LogP contribution is -2.33. The number of hydrogen-bond donors (Lipinski definition) is 0. The number of carbonyl (C=O) groups excluding carboxylic acids is 3. The molecule has 2 rings (SSSR count). The van der Waals surface area contributed by atoms with Gasteiger partial charge in [-0.1, -0.05) is 42.5 Å². The first-order valence-corrected chi connectivity index (χ1v) is 8.39. The number of ketones is 1. The van der Waals surface area contributed by atoms with E-state index in [1.54, 1.807) is 48.5 Å². The van der Waals surface area contributed by atoms with E-state index in [1.165, 1.54) is 21.3 Å². The van der Waals surface area contributed by atoms with Gasteiger partial charge in [0.05, 0.1) is 21.3 Å². The van der Waals surface area contributed by atoms with Crippen LogP contribution in [0.1, 0.15) is 28.3 Å². The van der Waals surface area contributed by atoms with Gasteiger partial charge >= 0.3 is 11.9 Å². The van der Waals surface area contributed by atoms with Crippen molar-refractivity contribution in [2.45, 2.75) is 12.3 Å². The van der Waals surface area contributed by atoms with Crippen LogP contribution < -0.4 is 4.74 Å². The highest BCUT2D eigenvalue weighted by molar-refractivity contribution is 6.00. The fourth-order valence-electron chi connectivity index (χ4n) is 2.90. The molecule has 0 aliphatic carbocycles. The average Bonchev–Trinajstić information content (AvgIpc) is 2.73. The first-order chi connectivity index (χ1) is 13.0. The van der Waals surface area contributed by atoms with Gasteiger partial charge in [0.1, 0.15) is 5.75 Å². The molecule has 6 heteroatoms. The van der Waals surface area contributed by atoms with Crippen LogP contribution in [0.3, 0.4) is 0 Å². The van der Waals surface area contributed by atoms with E-state index < -0.39 is 23.8 Å². The first-order valence-electron chi connectivity index (χ1n) is 8.39. The van der Waals surface area contributed by atoms with Gasteiger partial charge in [0, 0.05) is 17.9 Å². The van der Waals surface area contributed by atoms with Gasteiger partial charge < -0.3 is 14.2 Å². The lowest BCUT2D eigenvalue weighted by atomic mass is 9.81. The summed E-state index contributed by atoms with van der Waals surface area (Å²) in [5, 5.41) is 0. The summed E-state index contributed by atoms with van der Waals surface area (Å²) in [6, 6.07) is 15.6. The molecule has 0 radical (unpaired) electrons. The van der Waals surface area contributed by atoms with Crippen LogP contribution >= 0.6 is 0 Å². The quantitative estimate of drug-likeness (QED) is 0.404. The molecule has 0 aliphatic heterocycles. The monoisotopic (exact) mass is 370 g/mol. The number of ether oxygens (including phenoxy) is 3. The van der Waals surface area contributed by atoms with E-state index in [9.17, 15) is 14.4 Å². The molecule has 6 nitrogen and oxygen atoms in total. The molecule has 2 aromatic rings. The maximum absolute atomic E-state index is 12.7. The van der Waals surface area contributed by atoms with Gasteiger partial charge in [-0.15, -0.1) is 0 Å². The molecule has 0 saturated heterocycles. The highest BCUT2D eigenvalue weighted by Gasteiger charge is 2.39. The number of rotatable bonds is 8. The fourth-order valence-corrected chi connectivity index (χ4v) is 2.90. The van der Waals surface area contributed by atoms with Gasteiger partial charge in [0.15, 0.2) is 11.7 Å². The van der Waals surface area contributed by atoms with E-state index >= 15 is 0 Å². The number of benzene rings is 2. The van der Waals surface area contributed by atoms with E-state index in [0.29, 0.717) is 16.9 Å². The minimum absolute atomic E-state index is 0.0504. The van der Waals surface area contributed by atoms with Gasteiger partial charge in [-0.25, -0.2) is 0 Å². The predicted molar refractivity (Wildman–Crippen MR) is 98.6 cm³/mol. The number of hydrogen-bond acceptors (Lipinski definition) is 6. The van der Waals surface area contributed by atoms with Gasteiger partial charge in [-0.2, -0.15) is 0 Å². The summed E-state index contributed by atoms with van der Waals surface area (Å²) in [6.45, 7) is 0. The Morgan fingerprint density at radius 2 is 1.37 bits per heavy atom. The second-order valence-electron chi connectivity index (χ2n) is 5.90. The Labute approximate surface area is 158 Å². The second kappa shape index (κ2) is 9.52. The second-order valence-corrected chi connectivity index (χ2v) is 5.90. The van der Waals surface area contributed by atoms with Crippen molar-refractivity contribution in [1.29, 1.82) is 0 Å². The molecule has 2 aromatic carbocycles. The maximum Gasteiger partial charge on any atom is 0.320 e. The molecule has 0 fully saturated rings. The molecule has 142 valence electrons. The van der Waals surface area contributed by atoms with Crippen LogP contribution in [0.5, 0.6) is 5.75 Å².